The van der Waals surface area contributed by atoms with Gasteiger partial charge in [0, 0.05) is 16.7 Å². The number of ether oxygens (including phenoxy) is 2. The number of halogens is 1. The van der Waals surface area contributed by atoms with Crippen LogP contribution in [-0.4, -0.2) is 25.4 Å². The molecule has 0 bridgehead atoms. The monoisotopic (exact) mass is 315 g/mol. The first-order valence-electron chi connectivity index (χ1n) is 6.78. The lowest BCUT2D eigenvalue weighted by Crippen LogP contribution is -2.18. The van der Waals surface area contributed by atoms with Crippen molar-refractivity contribution in [1.82, 2.24) is 0 Å². The summed E-state index contributed by atoms with van der Waals surface area (Å²) in [5.41, 5.74) is 3.90. The lowest BCUT2D eigenvalue weighted by molar-refractivity contribution is 0.0600. The van der Waals surface area contributed by atoms with Gasteiger partial charge in [0.25, 0.3) is 0 Å². The number of benzene rings is 2. The fourth-order valence-electron chi connectivity index (χ4n) is 2.34. The molecule has 0 aliphatic carbocycles. The van der Waals surface area contributed by atoms with Crippen LogP contribution < -0.4 is 4.74 Å². The minimum Gasteiger partial charge on any atom is -0.485 e. The number of esters is 1. The highest BCUT2D eigenvalue weighted by Crippen LogP contribution is 2.34. The highest BCUT2D eigenvalue weighted by atomic mass is 35.5. The summed E-state index contributed by atoms with van der Waals surface area (Å²) < 4.78 is 10.5. The fourth-order valence-corrected chi connectivity index (χ4v) is 2.50. The number of rotatable bonds is 2. The van der Waals surface area contributed by atoms with Gasteiger partial charge in [-0.1, -0.05) is 17.7 Å². The van der Waals surface area contributed by atoms with Gasteiger partial charge in [-0.25, -0.2) is 9.79 Å². The molecule has 1 aliphatic heterocycles. The smallest absolute Gasteiger partial charge is 0.337 e. The molecule has 0 spiro atoms. The second-order valence-electron chi connectivity index (χ2n) is 4.98. The zero-order valence-corrected chi connectivity index (χ0v) is 13.0. The van der Waals surface area contributed by atoms with E-state index in [2.05, 4.69) is 4.99 Å². The maximum absolute atomic E-state index is 11.7. The number of aryl methyl sites for hydroxylation is 1. The van der Waals surface area contributed by atoms with Gasteiger partial charge < -0.3 is 9.47 Å². The molecule has 3 rings (SSSR count). The Hall–Kier alpha value is -2.33. The predicted molar refractivity (Wildman–Crippen MR) is 85.7 cm³/mol. The summed E-state index contributed by atoms with van der Waals surface area (Å²) >= 11 is 5.95. The molecule has 4 nitrogen and oxygen atoms in total. The minimum absolute atomic E-state index is 0.332. The number of methoxy groups -OCH3 is 1. The quantitative estimate of drug-likeness (QED) is 0.788. The molecular weight excluding hydrogens is 302 g/mol. The molecule has 0 saturated heterocycles. The predicted octanol–water partition coefficient (Wildman–Crippen LogP) is 3.95. The second kappa shape index (κ2) is 5.81. The first-order chi connectivity index (χ1) is 10.6. The Balaban J connectivity index is 2.04. The van der Waals surface area contributed by atoms with Crippen LogP contribution >= 0.6 is 11.6 Å². The van der Waals surface area contributed by atoms with Crippen LogP contribution in [0.4, 0.5) is 5.69 Å². The zero-order valence-electron chi connectivity index (χ0n) is 12.2. The third kappa shape index (κ3) is 2.70. The van der Waals surface area contributed by atoms with E-state index in [1.807, 2.05) is 19.1 Å². The average Bonchev–Trinajstić information content (AvgIpc) is 2.54. The average molecular weight is 316 g/mol. The third-order valence-corrected chi connectivity index (χ3v) is 3.75. The van der Waals surface area contributed by atoms with E-state index >= 15 is 0 Å². The summed E-state index contributed by atoms with van der Waals surface area (Å²) in [6.07, 6.45) is 0. The van der Waals surface area contributed by atoms with Crippen molar-refractivity contribution in [2.75, 3.05) is 13.7 Å². The highest BCUT2D eigenvalue weighted by molar-refractivity contribution is 6.30. The van der Waals surface area contributed by atoms with Gasteiger partial charge in [0.05, 0.1) is 18.4 Å². The Kier molecular flexibility index (Phi) is 3.86. The van der Waals surface area contributed by atoms with Crippen LogP contribution in [0.1, 0.15) is 21.5 Å². The molecule has 112 valence electrons. The Labute approximate surface area is 133 Å². The van der Waals surface area contributed by atoms with E-state index in [-0.39, 0.29) is 5.97 Å². The normalized spacial score (nSPS) is 13.0. The van der Waals surface area contributed by atoms with Crippen LogP contribution in [-0.2, 0) is 4.74 Å². The molecule has 0 atom stereocenters. The Morgan fingerprint density at radius 2 is 2.09 bits per heavy atom. The highest BCUT2D eigenvalue weighted by Gasteiger charge is 2.18. The number of carbonyl (C=O) groups excluding carboxylic acids is 1. The number of hydrogen-bond acceptors (Lipinski definition) is 4. The third-order valence-electron chi connectivity index (χ3n) is 3.51. The second-order valence-corrected chi connectivity index (χ2v) is 5.42. The van der Waals surface area contributed by atoms with Crippen molar-refractivity contribution >= 4 is 29.0 Å². The lowest BCUT2D eigenvalue weighted by Gasteiger charge is -2.18. The molecule has 22 heavy (non-hydrogen) atoms. The molecule has 0 saturated carbocycles. The van der Waals surface area contributed by atoms with Crippen molar-refractivity contribution in [3.8, 4) is 5.75 Å². The summed E-state index contributed by atoms with van der Waals surface area (Å²) in [5.74, 6) is 0.295. The van der Waals surface area contributed by atoms with Crippen LogP contribution in [0.5, 0.6) is 5.75 Å². The molecule has 5 heteroatoms. The number of hydrogen-bond donors (Lipinski definition) is 0. The SMILES string of the molecule is COC(=O)c1ccc(C)c(C2=Nc3ccc(Cl)cc3OC2)c1. The van der Waals surface area contributed by atoms with E-state index in [9.17, 15) is 4.79 Å². The van der Waals surface area contributed by atoms with Gasteiger partial charge in [-0.15, -0.1) is 0 Å². The molecule has 0 N–H and O–H groups in total. The fraction of sp³-hybridized carbons (Fsp3) is 0.176. The molecule has 0 amide bonds. The van der Waals surface area contributed by atoms with Crippen LogP contribution in [0.25, 0.3) is 0 Å². The van der Waals surface area contributed by atoms with E-state index in [1.54, 1.807) is 24.3 Å². The maximum atomic E-state index is 11.7. The first kappa shape index (κ1) is 14.6. The first-order valence-corrected chi connectivity index (χ1v) is 7.15. The van der Waals surface area contributed by atoms with Crippen molar-refractivity contribution in [2.45, 2.75) is 6.92 Å². The van der Waals surface area contributed by atoms with E-state index in [1.165, 1.54) is 7.11 Å². The molecule has 0 fully saturated rings. The topological polar surface area (TPSA) is 47.9 Å². The number of aliphatic imine (C=N–C) groups is 1. The standard InChI is InChI=1S/C17H14ClNO3/c1-10-3-4-11(17(20)21-2)7-13(10)15-9-22-16-8-12(18)5-6-14(16)19-15/h3-8H,9H2,1-2H3. The van der Waals surface area contributed by atoms with Gasteiger partial charge in [-0.05, 0) is 36.8 Å². The van der Waals surface area contributed by atoms with Gasteiger partial charge in [0.1, 0.15) is 18.0 Å². The molecule has 0 radical (unpaired) electrons. The molecular formula is C17H14ClNO3. The van der Waals surface area contributed by atoms with Crippen molar-refractivity contribution in [3.63, 3.8) is 0 Å². The molecule has 1 aliphatic rings. The van der Waals surface area contributed by atoms with Gasteiger partial charge >= 0.3 is 5.97 Å². The number of nitrogens with zero attached hydrogens (tertiary/aromatic N) is 1. The number of carbonyl (C=O) groups is 1. The van der Waals surface area contributed by atoms with E-state index in [0.717, 1.165) is 22.5 Å². The van der Waals surface area contributed by atoms with Gasteiger partial charge in [-0.2, -0.15) is 0 Å². The summed E-state index contributed by atoms with van der Waals surface area (Å²) in [5, 5.41) is 0.612. The minimum atomic E-state index is -0.370. The lowest BCUT2D eigenvalue weighted by atomic mass is 10.0. The van der Waals surface area contributed by atoms with Crippen LogP contribution in [0.3, 0.4) is 0 Å². The number of fused-ring (bicyclic) bond motifs is 1. The Morgan fingerprint density at radius 3 is 2.86 bits per heavy atom. The summed E-state index contributed by atoms with van der Waals surface area (Å²) in [7, 11) is 1.36. The molecule has 0 unspecified atom stereocenters. The van der Waals surface area contributed by atoms with Crippen molar-refractivity contribution in [2.24, 2.45) is 4.99 Å². The summed E-state index contributed by atoms with van der Waals surface area (Å²) in [6.45, 7) is 2.30. The molecule has 1 heterocycles. The Bertz CT molecular complexity index is 783. The zero-order chi connectivity index (χ0) is 15.7. The van der Waals surface area contributed by atoms with Crippen molar-refractivity contribution < 1.29 is 14.3 Å². The molecule has 2 aromatic carbocycles. The van der Waals surface area contributed by atoms with Gasteiger partial charge in [-0.3, -0.25) is 0 Å². The van der Waals surface area contributed by atoms with Gasteiger partial charge in [0.2, 0.25) is 0 Å². The van der Waals surface area contributed by atoms with Crippen molar-refractivity contribution in [3.05, 3.63) is 58.1 Å². The summed E-state index contributed by atoms with van der Waals surface area (Å²) in [6, 6.07) is 10.7. The van der Waals surface area contributed by atoms with E-state index in [4.69, 9.17) is 21.1 Å². The summed E-state index contributed by atoms with van der Waals surface area (Å²) in [4.78, 5) is 16.3. The Morgan fingerprint density at radius 1 is 1.27 bits per heavy atom. The van der Waals surface area contributed by atoms with Crippen molar-refractivity contribution in [1.29, 1.82) is 0 Å². The largest absolute Gasteiger partial charge is 0.485 e. The van der Waals surface area contributed by atoms with E-state index < -0.39 is 0 Å². The van der Waals surface area contributed by atoms with Crippen LogP contribution in [0, 0.1) is 6.92 Å². The van der Waals surface area contributed by atoms with Crippen LogP contribution in [0.2, 0.25) is 5.02 Å². The van der Waals surface area contributed by atoms with E-state index in [0.29, 0.717) is 22.9 Å². The van der Waals surface area contributed by atoms with Crippen LogP contribution in [0.15, 0.2) is 41.4 Å². The molecule has 2 aromatic rings. The maximum Gasteiger partial charge on any atom is 0.337 e. The van der Waals surface area contributed by atoms with Gasteiger partial charge in [0.15, 0.2) is 0 Å². The molecule has 0 aromatic heterocycles.